The summed E-state index contributed by atoms with van der Waals surface area (Å²) in [6.07, 6.45) is 2.93. The molecule has 0 aromatic carbocycles. The molecule has 1 amide bonds. The summed E-state index contributed by atoms with van der Waals surface area (Å²) in [6, 6.07) is 0. The average molecular weight is 280 g/mol. The lowest BCUT2D eigenvalue weighted by molar-refractivity contribution is -0.150. The van der Waals surface area contributed by atoms with Gasteiger partial charge < -0.3 is 10.0 Å². The van der Waals surface area contributed by atoms with Gasteiger partial charge in [0.25, 0.3) is 5.91 Å². The maximum atomic E-state index is 12.3. The summed E-state index contributed by atoms with van der Waals surface area (Å²) >= 11 is 0. The second kappa shape index (κ2) is 5.60. The predicted molar refractivity (Wildman–Crippen MR) is 71.3 cm³/mol. The number of nitrogens with zero attached hydrogens (tertiary/aromatic N) is 3. The molecule has 2 rings (SSSR count). The van der Waals surface area contributed by atoms with E-state index >= 15 is 0 Å². The number of aromatic amines is 1. The Morgan fingerprint density at radius 2 is 2.25 bits per heavy atom. The van der Waals surface area contributed by atoms with Crippen molar-refractivity contribution in [1.29, 1.82) is 0 Å². The zero-order valence-corrected chi connectivity index (χ0v) is 11.8. The van der Waals surface area contributed by atoms with Crippen LogP contribution in [-0.4, -0.2) is 50.2 Å². The summed E-state index contributed by atoms with van der Waals surface area (Å²) < 4.78 is 0. The molecule has 7 heteroatoms. The number of amides is 1. The Balaban J connectivity index is 2.10. The summed E-state index contributed by atoms with van der Waals surface area (Å²) in [5.41, 5.74) is -0.879. The van der Waals surface area contributed by atoms with Crippen molar-refractivity contribution >= 4 is 11.9 Å². The lowest BCUT2D eigenvalue weighted by Crippen LogP contribution is -2.48. The first-order chi connectivity index (χ1) is 9.46. The predicted octanol–water partition coefficient (Wildman–Crippen LogP) is 1.08. The van der Waals surface area contributed by atoms with E-state index in [1.807, 2.05) is 6.92 Å². The number of carboxylic acid groups (broad SMARTS) is 1. The van der Waals surface area contributed by atoms with Crippen molar-refractivity contribution in [2.45, 2.75) is 39.5 Å². The SMILES string of the molecule is CCCc1nc(C(=O)N2CCCC(C)(C(=O)O)C2)n[nH]1. The smallest absolute Gasteiger partial charge is 0.311 e. The Morgan fingerprint density at radius 3 is 2.90 bits per heavy atom. The zero-order valence-electron chi connectivity index (χ0n) is 11.8. The van der Waals surface area contributed by atoms with Gasteiger partial charge in [-0.15, -0.1) is 5.10 Å². The average Bonchev–Trinajstić information content (AvgIpc) is 2.87. The number of hydrogen-bond acceptors (Lipinski definition) is 4. The molecule has 1 aromatic heterocycles. The Morgan fingerprint density at radius 1 is 1.50 bits per heavy atom. The van der Waals surface area contributed by atoms with Gasteiger partial charge in [0.15, 0.2) is 0 Å². The normalized spacial score (nSPS) is 22.8. The van der Waals surface area contributed by atoms with E-state index in [1.54, 1.807) is 6.92 Å². The van der Waals surface area contributed by atoms with Crippen LogP contribution in [0.25, 0.3) is 0 Å². The number of aliphatic carboxylic acids is 1. The highest BCUT2D eigenvalue weighted by Gasteiger charge is 2.40. The van der Waals surface area contributed by atoms with Gasteiger partial charge in [0.2, 0.25) is 5.82 Å². The maximum Gasteiger partial charge on any atom is 0.311 e. The Labute approximate surface area is 117 Å². The van der Waals surface area contributed by atoms with Crippen molar-refractivity contribution in [2.24, 2.45) is 5.41 Å². The molecule has 1 saturated heterocycles. The first-order valence-electron chi connectivity index (χ1n) is 6.90. The molecule has 0 bridgehead atoms. The molecule has 20 heavy (non-hydrogen) atoms. The van der Waals surface area contributed by atoms with Crippen molar-refractivity contribution < 1.29 is 14.7 Å². The molecular weight excluding hydrogens is 260 g/mol. The molecule has 0 saturated carbocycles. The largest absolute Gasteiger partial charge is 0.481 e. The van der Waals surface area contributed by atoms with Gasteiger partial charge in [0, 0.05) is 19.5 Å². The van der Waals surface area contributed by atoms with E-state index < -0.39 is 11.4 Å². The minimum absolute atomic E-state index is 0.128. The number of aromatic nitrogens is 3. The molecule has 2 N–H and O–H groups in total. The summed E-state index contributed by atoms with van der Waals surface area (Å²) in [5.74, 6) is -0.343. The molecule has 1 aromatic rings. The fraction of sp³-hybridized carbons (Fsp3) is 0.692. The molecule has 0 aliphatic carbocycles. The Kier molecular flexibility index (Phi) is 4.06. The van der Waals surface area contributed by atoms with Crippen molar-refractivity contribution in [2.75, 3.05) is 13.1 Å². The molecule has 1 aliphatic heterocycles. The van der Waals surface area contributed by atoms with Crippen LogP contribution in [-0.2, 0) is 11.2 Å². The number of nitrogens with one attached hydrogen (secondary N) is 1. The highest BCUT2D eigenvalue weighted by Crippen LogP contribution is 2.30. The highest BCUT2D eigenvalue weighted by molar-refractivity contribution is 5.91. The zero-order chi connectivity index (χ0) is 14.8. The fourth-order valence-corrected chi connectivity index (χ4v) is 2.47. The summed E-state index contributed by atoms with van der Waals surface area (Å²) in [4.78, 5) is 29.3. The van der Waals surface area contributed by atoms with Gasteiger partial charge in [-0.2, -0.15) is 0 Å². The van der Waals surface area contributed by atoms with Crippen LogP contribution in [0.4, 0.5) is 0 Å². The van der Waals surface area contributed by atoms with Gasteiger partial charge in [-0.05, 0) is 26.2 Å². The molecule has 2 heterocycles. The summed E-state index contributed by atoms with van der Waals surface area (Å²) in [5, 5.41) is 15.9. The highest BCUT2D eigenvalue weighted by atomic mass is 16.4. The number of carboxylic acids is 1. The summed E-state index contributed by atoms with van der Waals surface area (Å²) in [7, 11) is 0. The van der Waals surface area contributed by atoms with Crippen molar-refractivity contribution in [3.8, 4) is 0 Å². The standard InChI is InChI=1S/C13H20N4O3/c1-3-5-9-14-10(16-15-9)11(18)17-7-4-6-13(2,8-17)12(19)20/h3-8H2,1-2H3,(H,19,20)(H,14,15,16). The quantitative estimate of drug-likeness (QED) is 0.860. The van der Waals surface area contributed by atoms with E-state index in [0.29, 0.717) is 25.2 Å². The van der Waals surface area contributed by atoms with Gasteiger partial charge in [-0.3, -0.25) is 14.7 Å². The number of carbonyl (C=O) groups is 2. The number of piperidine rings is 1. The van der Waals surface area contributed by atoms with Crippen LogP contribution in [0.15, 0.2) is 0 Å². The van der Waals surface area contributed by atoms with Crippen LogP contribution in [0.2, 0.25) is 0 Å². The molecule has 0 radical (unpaired) electrons. The van der Waals surface area contributed by atoms with Gasteiger partial charge in [0.05, 0.1) is 5.41 Å². The first-order valence-corrected chi connectivity index (χ1v) is 6.90. The van der Waals surface area contributed by atoms with Crippen molar-refractivity contribution in [3.05, 3.63) is 11.6 Å². The van der Waals surface area contributed by atoms with Gasteiger partial charge in [-0.1, -0.05) is 6.92 Å². The second-order valence-corrected chi connectivity index (χ2v) is 5.55. The minimum atomic E-state index is -0.879. The molecule has 0 spiro atoms. The maximum absolute atomic E-state index is 12.3. The van der Waals surface area contributed by atoms with Crippen molar-refractivity contribution in [1.82, 2.24) is 20.1 Å². The number of likely N-dealkylation sites (tertiary alicyclic amines) is 1. The van der Waals surface area contributed by atoms with Crippen LogP contribution in [0.3, 0.4) is 0 Å². The van der Waals surface area contributed by atoms with Gasteiger partial charge in [0.1, 0.15) is 5.82 Å². The summed E-state index contributed by atoms with van der Waals surface area (Å²) in [6.45, 7) is 4.46. The number of H-pyrrole nitrogens is 1. The number of carbonyl (C=O) groups excluding carboxylic acids is 1. The molecule has 1 atom stereocenters. The fourth-order valence-electron chi connectivity index (χ4n) is 2.47. The van der Waals surface area contributed by atoms with Crippen LogP contribution in [0.5, 0.6) is 0 Å². The minimum Gasteiger partial charge on any atom is -0.481 e. The lowest BCUT2D eigenvalue weighted by Gasteiger charge is -2.36. The number of hydrogen-bond donors (Lipinski definition) is 2. The van der Waals surface area contributed by atoms with Crippen molar-refractivity contribution in [3.63, 3.8) is 0 Å². The first kappa shape index (κ1) is 14.5. The molecule has 1 unspecified atom stereocenters. The van der Waals surface area contributed by atoms with Crippen LogP contribution >= 0.6 is 0 Å². The van der Waals surface area contributed by atoms with E-state index in [4.69, 9.17) is 0 Å². The van der Waals surface area contributed by atoms with Crippen LogP contribution in [0.1, 0.15) is 49.6 Å². The van der Waals surface area contributed by atoms with E-state index in [2.05, 4.69) is 15.2 Å². The molecule has 7 nitrogen and oxygen atoms in total. The van der Waals surface area contributed by atoms with Crippen LogP contribution < -0.4 is 0 Å². The second-order valence-electron chi connectivity index (χ2n) is 5.55. The molecule has 110 valence electrons. The van der Waals surface area contributed by atoms with Gasteiger partial charge in [-0.25, -0.2) is 4.98 Å². The van der Waals surface area contributed by atoms with E-state index in [1.165, 1.54) is 4.90 Å². The molecular formula is C13H20N4O3. The van der Waals surface area contributed by atoms with E-state index in [0.717, 1.165) is 12.8 Å². The third kappa shape index (κ3) is 2.81. The van der Waals surface area contributed by atoms with Gasteiger partial charge >= 0.3 is 5.97 Å². The monoisotopic (exact) mass is 280 g/mol. The van der Waals surface area contributed by atoms with Crippen LogP contribution in [0, 0.1) is 5.41 Å². The van der Waals surface area contributed by atoms with E-state index in [-0.39, 0.29) is 18.3 Å². The third-order valence-corrected chi connectivity index (χ3v) is 3.71. The number of rotatable bonds is 4. The molecule has 1 aliphatic rings. The number of aryl methyl sites for hydroxylation is 1. The van der Waals surface area contributed by atoms with E-state index in [9.17, 15) is 14.7 Å². The lowest BCUT2D eigenvalue weighted by atomic mass is 9.82. The topological polar surface area (TPSA) is 99.2 Å². The Hall–Kier alpha value is -1.92. The third-order valence-electron chi connectivity index (χ3n) is 3.71. The Bertz CT molecular complexity index is 513. The molecule has 1 fully saturated rings.